The van der Waals surface area contributed by atoms with E-state index < -0.39 is 0 Å². The zero-order chi connectivity index (χ0) is 19.1. The molecule has 0 aliphatic carbocycles. The van der Waals surface area contributed by atoms with Gasteiger partial charge in [0.15, 0.2) is 17.2 Å². The molecule has 3 aromatic rings. The molecule has 6 heteroatoms. The number of rotatable bonds is 6. The highest BCUT2D eigenvalue weighted by Gasteiger charge is 2.12. The van der Waals surface area contributed by atoms with Crippen LogP contribution in [0.2, 0.25) is 0 Å². The average molecular weight is 358 g/mol. The highest BCUT2D eigenvalue weighted by Crippen LogP contribution is 2.30. The number of pyridine rings is 1. The molecular formula is C20H27FN4O. The third-order valence-electron chi connectivity index (χ3n) is 3.99. The Morgan fingerprint density at radius 2 is 1.96 bits per heavy atom. The van der Waals surface area contributed by atoms with E-state index in [0.717, 1.165) is 22.9 Å². The van der Waals surface area contributed by atoms with Crippen molar-refractivity contribution in [1.29, 1.82) is 0 Å². The van der Waals surface area contributed by atoms with Gasteiger partial charge in [0, 0.05) is 11.6 Å². The van der Waals surface area contributed by atoms with Crippen LogP contribution in [-0.4, -0.2) is 28.8 Å². The van der Waals surface area contributed by atoms with E-state index in [1.165, 1.54) is 13.1 Å². The molecule has 26 heavy (non-hydrogen) atoms. The quantitative estimate of drug-likeness (QED) is 0.685. The maximum absolute atomic E-state index is 14.4. The molecule has 1 aromatic carbocycles. The molecule has 3 rings (SSSR count). The van der Waals surface area contributed by atoms with Gasteiger partial charge in [-0.25, -0.2) is 9.37 Å². The first-order chi connectivity index (χ1) is 12.5. The summed E-state index contributed by atoms with van der Waals surface area (Å²) in [5, 5.41) is 7.69. The molecule has 2 heterocycles. The third-order valence-corrected chi connectivity index (χ3v) is 3.99. The zero-order valence-corrected chi connectivity index (χ0v) is 15.8. The van der Waals surface area contributed by atoms with Crippen LogP contribution < -0.4 is 10.5 Å². The summed E-state index contributed by atoms with van der Waals surface area (Å²) in [5.74, 6) is 0.958. The number of hydrogen-bond donors (Lipinski definition) is 2. The van der Waals surface area contributed by atoms with E-state index >= 15 is 0 Å². The summed E-state index contributed by atoms with van der Waals surface area (Å²) in [7, 11) is 1.50. The summed E-state index contributed by atoms with van der Waals surface area (Å²) in [6.45, 7) is 7.00. The summed E-state index contributed by atoms with van der Waals surface area (Å²) in [5.41, 5.74) is 6.87. The van der Waals surface area contributed by atoms with Gasteiger partial charge in [0.05, 0.1) is 12.8 Å². The van der Waals surface area contributed by atoms with Crippen LogP contribution in [-0.2, 0) is 0 Å². The van der Waals surface area contributed by atoms with Gasteiger partial charge in [-0.1, -0.05) is 26.8 Å². The monoisotopic (exact) mass is 358 g/mol. The Labute approximate surface area is 153 Å². The summed E-state index contributed by atoms with van der Waals surface area (Å²) in [4.78, 5) is 4.20. The average Bonchev–Trinajstić information content (AvgIpc) is 3.10. The van der Waals surface area contributed by atoms with E-state index in [4.69, 9.17) is 4.74 Å². The summed E-state index contributed by atoms with van der Waals surface area (Å²) < 4.78 is 20.1. The lowest BCUT2D eigenvalue weighted by Crippen LogP contribution is -2.11. The SMILES string of the molecule is CC(C)CC(C)COc1ccc(-c2ccnc3[nH]ncc23)cc1F.CN. The van der Waals surface area contributed by atoms with E-state index in [0.29, 0.717) is 29.8 Å². The van der Waals surface area contributed by atoms with E-state index in [1.807, 2.05) is 12.1 Å². The molecule has 2 aromatic heterocycles. The minimum absolute atomic E-state index is 0.298. The van der Waals surface area contributed by atoms with Gasteiger partial charge in [-0.2, -0.15) is 5.10 Å². The fraction of sp³-hybridized carbons (Fsp3) is 0.400. The van der Waals surface area contributed by atoms with Gasteiger partial charge in [0.25, 0.3) is 0 Å². The largest absolute Gasteiger partial charge is 0.490 e. The fourth-order valence-electron chi connectivity index (χ4n) is 2.99. The fourth-order valence-corrected chi connectivity index (χ4v) is 2.99. The van der Waals surface area contributed by atoms with Crippen molar-refractivity contribution in [1.82, 2.24) is 15.2 Å². The van der Waals surface area contributed by atoms with Crippen LogP contribution in [0.25, 0.3) is 22.2 Å². The van der Waals surface area contributed by atoms with Gasteiger partial charge >= 0.3 is 0 Å². The first-order valence-corrected chi connectivity index (χ1v) is 8.83. The first-order valence-electron chi connectivity index (χ1n) is 8.83. The Hall–Kier alpha value is -2.47. The van der Waals surface area contributed by atoms with Crippen LogP contribution in [0.5, 0.6) is 5.75 Å². The van der Waals surface area contributed by atoms with Crippen molar-refractivity contribution in [2.45, 2.75) is 27.2 Å². The number of halogens is 1. The van der Waals surface area contributed by atoms with Crippen molar-refractivity contribution in [3.05, 3.63) is 42.5 Å². The highest BCUT2D eigenvalue weighted by atomic mass is 19.1. The molecule has 0 aliphatic rings. The Morgan fingerprint density at radius 1 is 1.19 bits per heavy atom. The summed E-state index contributed by atoms with van der Waals surface area (Å²) >= 11 is 0. The smallest absolute Gasteiger partial charge is 0.165 e. The van der Waals surface area contributed by atoms with Gasteiger partial charge in [-0.05, 0) is 54.6 Å². The normalized spacial score (nSPS) is 12.0. The Bertz CT molecular complexity index is 832. The molecule has 0 fully saturated rings. The Kier molecular flexibility index (Phi) is 7.09. The highest BCUT2D eigenvalue weighted by molar-refractivity contribution is 5.92. The maximum Gasteiger partial charge on any atom is 0.165 e. The van der Waals surface area contributed by atoms with Gasteiger partial charge in [0.2, 0.25) is 0 Å². The second-order valence-corrected chi connectivity index (χ2v) is 6.68. The van der Waals surface area contributed by atoms with Crippen LogP contribution in [0.1, 0.15) is 27.2 Å². The van der Waals surface area contributed by atoms with E-state index in [2.05, 4.69) is 41.7 Å². The number of fused-ring (bicyclic) bond motifs is 1. The van der Waals surface area contributed by atoms with E-state index in [-0.39, 0.29) is 5.82 Å². The molecule has 0 bridgehead atoms. The van der Waals surface area contributed by atoms with Crippen LogP contribution in [0.3, 0.4) is 0 Å². The molecule has 0 spiro atoms. The number of aromatic nitrogens is 3. The topological polar surface area (TPSA) is 76.8 Å². The van der Waals surface area contributed by atoms with Crippen molar-refractivity contribution in [3.63, 3.8) is 0 Å². The van der Waals surface area contributed by atoms with Crippen LogP contribution in [0, 0.1) is 17.7 Å². The van der Waals surface area contributed by atoms with Crippen molar-refractivity contribution in [2.75, 3.05) is 13.7 Å². The lowest BCUT2D eigenvalue weighted by atomic mass is 10.00. The van der Waals surface area contributed by atoms with Gasteiger partial charge in [0.1, 0.15) is 0 Å². The first kappa shape index (κ1) is 19.8. The lowest BCUT2D eigenvalue weighted by molar-refractivity contribution is 0.230. The molecule has 1 atom stereocenters. The second kappa shape index (κ2) is 9.29. The molecule has 0 radical (unpaired) electrons. The minimum atomic E-state index is -0.349. The maximum atomic E-state index is 14.4. The number of ether oxygens (including phenoxy) is 1. The molecule has 3 N–H and O–H groups in total. The molecule has 5 nitrogen and oxygen atoms in total. The standard InChI is InChI=1S/C19H22FN3O.CH5N/c1-12(2)8-13(3)11-24-18-5-4-14(9-17(18)20)15-6-7-21-19-16(15)10-22-23-19;1-2/h4-7,9-10,12-13H,8,11H2,1-3H3,(H,21,22,23);2H2,1H3. The van der Waals surface area contributed by atoms with Crippen molar-refractivity contribution in [2.24, 2.45) is 17.6 Å². The Morgan fingerprint density at radius 3 is 2.65 bits per heavy atom. The molecule has 1 unspecified atom stereocenters. The summed E-state index contributed by atoms with van der Waals surface area (Å²) in [6, 6.07) is 6.93. The molecule has 0 amide bonds. The van der Waals surface area contributed by atoms with Crippen LogP contribution >= 0.6 is 0 Å². The third kappa shape index (κ3) is 4.79. The van der Waals surface area contributed by atoms with Crippen LogP contribution in [0.15, 0.2) is 36.7 Å². The van der Waals surface area contributed by atoms with Gasteiger partial charge < -0.3 is 10.5 Å². The van der Waals surface area contributed by atoms with Crippen LogP contribution in [0.4, 0.5) is 4.39 Å². The number of nitrogens with zero attached hydrogens (tertiary/aromatic N) is 2. The van der Waals surface area contributed by atoms with Gasteiger partial charge in [-0.3, -0.25) is 5.10 Å². The zero-order valence-electron chi connectivity index (χ0n) is 15.8. The molecule has 0 saturated carbocycles. The number of nitrogens with two attached hydrogens (primary N) is 1. The van der Waals surface area contributed by atoms with Crippen molar-refractivity contribution in [3.8, 4) is 16.9 Å². The number of H-pyrrole nitrogens is 1. The minimum Gasteiger partial charge on any atom is -0.490 e. The predicted molar refractivity (Wildman–Crippen MR) is 104 cm³/mol. The van der Waals surface area contributed by atoms with Gasteiger partial charge in [-0.15, -0.1) is 0 Å². The molecule has 0 aliphatic heterocycles. The predicted octanol–water partition coefficient (Wildman–Crippen LogP) is 4.40. The molecule has 140 valence electrons. The lowest BCUT2D eigenvalue weighted by Gasteiger charge is -2.15. The summed E-state index contributed by atoms with van der Waals surface area (Å²) in [6.07, 6.45) is 4.45. The number of aromatic amines is 1. The van der Waals surface area contributed by atoms with E-state index in [1.54, 1.807) is 18.5 Å². The second-order valence-electron chi connectivity index (χ2n) is 6.68. The molecule has 0 saturated heterocycles. The van der Waals surface area contributed by atoms with Crippen molar-refractivity contribution >= 4 is 11.0 Å². The molecular weight excluding hydrogens is 331 g/mol. The van der Waals surface area contributed by atoms with E-state index in [9.17, 15) is 4.39 Å². The van der Waals surface area contributed by atoms with Crippen molar-refractivity contribution < 1.29 is 9.13 Å². The number of hydrogen-bond acceptors (Lipinski definition) is 4. The number of benzene rings is 1. The number of nitrogens with one attached hydrogen (secondary N) is 1. The Balaban J connectivity index is 0.00000117.